The van der Waals surface area contributed by atoms with Crippen LogP contribution in [-0.4, -0.2) is 46.9 Å². The number of nitrogens with one attached hydrogen (secondary N) is 1. The van der Waals surface area contributed by atoms with E-state index >= 15 is 0 Å². The predicted molar refractivity (Wildman–Crippen MR) is 268 cm³/mol. The van der Waals surface area contributed by atoms with Crippen LogP contribution in [0.1, 0.15) is 207 Å². The van der Waals surface area contributed by atoms with Gasteiger partial charge in [0.05, 0.1) is 25.2 Å². The van der Waals surface area contributed by atoms with Crippen LogP contribution in [0.15, 0.2) is 109 Å². The molecule has 6 nitrogen and oxygen atoms in total. The fourth-order valence-corrected chi connectivity index (χ4v) is 6.93. The van der Waals surface area contributed by atoms with Gasteiger partial charge in [-0.05, 0) is 77.0 Å². The highest BCUT2D eigenvalue weighted by atomic mass is 16.5. The normalized spacial score (nSPS) is 14.2. The number of carbonyl (C=O) groups excluding carboxylic acids is 2. The van der Waals surface area contributed by atoms with Gasteiger partial charge in [0.2, 0.25) is 5.91 Å². The van der Waals surface area contributed by atoms with Gasteiger partial charge in [0.1, 0.15) is 6.10 Å². The summed E-state index contributed by atoms with van der Waals surface area (Å²) < 4.78 is 5.89. The van der Waals surface area contributed by atoms with Gasteiger partial charge in [0.15, 0.2) is 0 Å². The molecule has 3 unspecified atom stereocenters. The Morgan fingerprint density at radius 1 is 0.500 bits per heavy atom. The smallest absolute Gasteiger partial charge is 0.306 e. The number of esters is 1. The van der Waals surface area contributed by atoms with Gasteiger partial charge in [-0.1, -0.05) is 226 Å². The molecule has 0 radical (unpaired) electrons. The van der Waals surface area contributed by atoms with Crippen molar-refractivity contribution in [2.75, 3.05) is 6.61 Å². The van der Waals surface area contributed by atoms with Crippen molar-refractivity contribution in [2.45, 2.75) is 225 Å². The summed E-state index contributed by atoms with van der Waals surface area (Å²) >= 11 is 0. The quantitative estimate of drug-likeness (QED) is 0.0246. The molecule has 0 spiro atoms. The maximum atomic E-state index is 13.2. The van der Waals surface area contributed by atoms with Gasteiger partial charge < -0.3 is 20.3 Å². The molecule has 0 aliphatic heterocycles. The molecule has 6 heteroatoms. The molecule has 0 aromatic carbocycles. The number of allylic oxidation sites excluding steroid dienone is 18. The lowest BCUT2D eigenvalue weighted by molar-refractivity contribution is -0.151. The van der Waals surface area contributed by atoms with E-state index in [-0.39, 0.29) is 24.9 Å². The Bertz CT molecular complexity index is 1280. The highest BCUT2D eigenvalue weighted by Crippen LogP contribution is 2.16. The van der Waals surface area contributed by atoms with Crippen molar-refractivity contribution in [2.24, 2.45) is 0 Å². The van der Waals surface area contributed by atoms with Crippen LogP contribution in [0.2, 0.25) is 0 Å². The molecule has 3 N–H and O–H groups in total. The monoisotopic (exact) mass is 860 g/mol. The molecule has 1 amide bonds. The summed E-state index contributed by atoms with van der Waals surface area (Å²) in [5.41, 5.74) is 0. The van der Waals surface area contributed by atoms with Crippen LogP contribution in [-0.2, 0) is 14.3 Å². The largest absolute Gasteiger partial charge is 0.462 e. The van der Waals surface area contributed by atoms with E-state index in [1.165, 1.54) is 57.8 Å². The Morgan fingerprint density at radius 3 is 1.55 bits per heavy atom. The van der Waals surface area contributed by atoms with Gasteiger partial charge in [0.25, 0.3) is 0 Å². The summed E-state index contributed by atoms with van der Waals surface area (Å²) in [5, 5.41) is 23.7. The number of aliphatic hydroxyl groups is 2. The summed E-state index contributed by atoms with van der Waals surface area (Å²) in [6.45, 7) is 6.24. The molecule has 0 aliphatic rings. The molecule has 0 aliphatic carbocycles. The molecule has 0 aromatic rings. The van der Waals surface area contributed by atoms with Crippen molar-refractivity contribution in [3.05, 3.63) is 109 Å². The average molecular weight is 860 g/mol. The third-order valence-corrected chi connectivity index (χ3v) is 10.7. The van der Waals surface area contributed by atoms with Crippen LogP contribution in [0.3, 0.4) is 0 Å². The molecule has 0 rings (SSSR count). The maximum Gasteiger partial charge on any atom is 0.306 e. The molecule has 3 atom stereocenters. The number of carbonyl (C=O) groups is 2. The Hall–Kier alpha value is -3.48. The molecule has 0 saturated heterocycles. The third-order valence-electron chi connectivity index (χ3n) is 10.7. The highest BCUT2D eigenvalue weighted by Gasteiger charge is 2.24. The summed E-state index contributed by atoms with van der Waals surface area (Å²) in [7, 11) is 0. The first-order valence-electron chi connectivity index (χ1n) is 25.2. The lowest BCUT2D eigenvalue weighted by Crippen LogP contribution is -2.46. The molecule has 0 aromatic heterocycles. The Kier molecular flexibility index (Phi) is 45.8. The first-order chi connectivity index (χ1) is 30.5. The van der Waals surface area contributed by atoms with Gasteiger partial charge in [0, 0.05) is 6.42 Å². The van der Waals surface area contributed by atoms with Crippen LogP contribution < -0.4 is 5.32 Å². The van der Waals surface area contributed by atoms with Crippen molar-refractivity contribution < 1.29 is 24.5 Å². The Labute approximate surface area is 381 Å². The van der Waals surface area contributed by atoms with Gasteiger partial charge >= 0.3 is 5.97 Å². The zero-order valence-corrected chi connectivity index (χ0v) is 40.0. The van der Waals surface area contributed by atoms with Crippen LogP contribution in [0, 0.1) is 0 Å². The van der Waals surface area contributed by atoms with E-state index < -0.39 is 18.2 Å². The SMILES string of the molecule is CC/C=C/C/C=C/C/C=C/C/C=C/CCCC(CC(=O)NC(CO)C(O)CCCCCCCCCCCCC)OC(=O)CCCCCCC/C=C/C=C/C=C/C=C/C=C/CCC. The fraction of sp³-hybridized carbons (Fsp3) is 0.643. The van der Waals surface area contributed by atoms with Gasteiger partial charge in [-0.2, -0.15) is 0 Å². The number of unbranched alkanes of at least 4 members (excludes halogenated alkanes) is 17. The second kappa shape index (κ2) is 48.6. The van der Waals surface area contributed by atoms with Crippen LogP contribution in [0.4, 0.5) is 0 Å². The lowest BCUT2D eigenvalue weighted by atomic mass is 10.0. The van der Waals surface area contributed by atoms with Crippen LogP contribution in [0.25, 0.3) is 0 Å². The number of ether oxygens (including phenoxy) is 1. The zero-order chi connectivity index (χ0) is 45.2. The molecule has 352 valence electrons. The van der Waals surface area contributed by atoms with Crippen molar-refractivity contribution in [1.82, 2.24) is 5.32 Å². The van der Waals surface area contributed by atoms with E-state index in [0.717, 1.165) is 103 Å². The van der Waals surface area contributed by atoms with E-state index in [0.29, 0.717) is 19.3 Å². The van der Waals surface area contributed by atoms with Crippen molar-refractivity contribution in [1.29, 1.82) is 0 Å². The molecular formula is C56H93NO5. The van der Waals surface area contributed by atoms with E-state index in [1.54, 1.807) is 0 Å². The van der Waals surface area contributed by atoms with Gasteiger partial charge in [-0.15, -0.1) is 0 Å². The number of rotatable bonds is 43. The molecule has 62 heavy (non-hydrogen) atoms. The minimum atomic E-state index is -0.812. The highest BCUT2D eigenvalue weighted by molar-refractivity contribution is 5.77. The fourth-order valence-electron chi connectivity index (χ4n) is 6.93. The first kappa shape index (κ1) is 58.5. The van der Waals surface area contributed by atoms with Gasteiger partial charge in [-0.25, -0.2) is 0 Å². The zero-order valence-electron chi connectivity index (χ0n) is 40.0. The van der Waals surface area contributed by atoms with E-state index in [1.807, 2.05) is 24.3 Å². The minimum absolute atomic E-state index is 0.0222. The number of amides is 1. The predicted octanol–water partition coefficient (Wildman–Crippen LogP) is 15.1. The second-order valence-corrected chi connectivity index (χ2v) is 16.6. The molecular weight excluding hydrogens is 767 g/mol. The minimum Gasteiger partial charge on any atom is -0.462 e. The van der Waals surface area contributed by atoms with Crippen molar-refractivity contribution in [3.8, 4) is 0 Å². The lowest BCUT2D eigenvalue weighted by Gasteiger charge is -2.24. The topological polar surface area (TPSA) is 95.9 Å². The van der Waals surface area contributed by atoms with Crippen LogP contribution >= 0.6 is 0 Å². The first-order valence-corrected chi connectivity index (χ1v) is 25.2. The molecule has 0 saturated carbocycles. The van der Waals surface area contributed by atoms with Gasteiger partial charge in [-0.3, -0.25) is 9.59 Å². The molecule has 0 heterocycles. The number of hydrogen-bond donors (Lipinski definition) is 3. The molecule has 0 fully saturated rings. The van der Waals surface area contributed by atoms with E-state index in [9.17, 15) is 19.8 Å². The summed E-state index contributed by atoms with van der Waals surface area (Å²) in [4.78, 5) is 26.1. The maximum absolute atomic E-state index is 13.2. The summed E-state index contributed by atoms with van der Waals surface area (Å²) in [6, 6.07) is -0.731. The summed E-state index contributed by atoms with van der Waals surface area (Å²) in [5.74, 6) is -0.568. The Balaban J connectivity index is 4.75. The van der Waals surface area contributed by atoms with Crippen molar-refractivity contribution in [3.63, 3.8) is 0 Å². The Morgan fingerprint density at radius 2 is 0.984 bits per heavy atom. The van der Waals surface area contributed by atoms with Crippen LogP contribution in [0.5, 0.6) is 0 Å². The number of hydrogen-bond acceptors (Lipinski definition) is 5. The second-order valence-electron chi connectivity index (χ2n) is 16.6. The standard InChI is InChI=1S/C56H93NO5/c1-4-7-10-13-16-19-22-24-26-27-28-29-31-34-37-40-43-46-49-56(61)62-52(47-44-41-38-35-33-30-25-23-20-17-14-11-8-5-2)50-55(60)57-53(51-58)54(59)48-45-42-39-36-32-21-18-15-12-9-6-3/h8,10-11,13,16-17,19-20,22,24-30,35,38,52-54,58-59H,4-7,9,12,14-15,18,21,23,31-34,36-37,39-51H2,1-3H3,(H,57,60)/b11-8+,13-10+,19-16+,20-17+,24-22+,27-26+,29-28+,30-25+,38-35+. The third kappa shape index (κ3) is 43.2. The number of aliphatic hydroxyl groups excluding tert-OH is 2. The van der Waals surface area contributed by atoms with E-state index in [2.05, 4.69) is 111 Å². The van der Waals surface area contributed by atoms with Crippen molar-refractivity contribution >= 4 is 11.9 Å². The molecule has 0 bridgehead atoms. The summed E-state index contributed by atoms with van der Waals surface area (Å²) in [6.07, 6.45) is 65.7. The average Bonchev–Trinajstić information content (AvgIpc) is 3.26. The van der Waals surface area contributed by atoms with E-state index in [4.69, 9.17) is 4.74 Å².